The molecule has 1 aromatic carbocycles. The van der Waals surface area contributed by atoms with Crippen LogP contribution in [0.4, 0.5) is 0 Å². The highest BCUT2D eigenvalue weighted by atomic mass is 16.2. The molecule has 1 aromatic rings. The summed E-state index contributed by atoms with van der Waals surface area (Å²) in [6.45, 7) is 4.81. The summed E-state index contributed by atoms with van der Waals surface area (Å²) in [5.41, 5.74) is 1.05. The molecule has 5 nitrogen and oxygen atoms in total. The monoisotopic (exact) mass is 291 g/mol. The molecule has 0 aromatic heterocycles. The molecule has 0 radical (unpaired) electrons. The van der Waals surface area contributed by atoms with Gasteiger partial charge in [-0.25, -0.2) is 0 Å². The first-order chi connectivity index (χ1) is 9.90. The molecule has 1 N–H and O–H groups in total. The van der Waals surface area contributed by atoms with Crippen molar-refractivity contribution in [3.05, 3.63) is 35.9 Å². The highest BCUT2D eigenvalue weighted by Gasteiger charge is 2.15. The van der Waals surface area contributed by atoms with Gasteiger partial charge in [0.05, 0.1) is 12.6 Å². The lowest BCUT2D eigenvalue weighted by Gasteiger charge is -2.23. The van der Waals surface area contributed by atoms with E-state index in [1.165, 1.54) is 6.92 Å². The Labute approximate surface area is 126 Å². The number of nitrogens with one attached hydrogen (secondary N) is 1. The molecule has 0 aliphatic heterocycles. The molecule has 5 heteroatoms. The molecule has 2 amide bonds. The molecule has 1 rings (SSSR count). The Kier molecular flexibility index (Phi) is 6.88. The lowest BCUT2D eigenvalue weighted by Crippen LogP contribution is -2.43. The Morgan fingerprint density at radius 3 is 2.29 bits per heavy atom. The molecule has 1 unspecified atom stereocenters. The van der Waals surface area contributed by atoms with E-state index in [0.29, 0.717) is 6.54 Å². The van der Waals surface area contributed by atoms with Crippen LogP contribution >= 0.6 is 0 Å². The highest BCUT2D eigenvalue weighted by Crippen LogP contribution is 2.10. The zero-order valence-electron chi connectivity index (χ0n) is 13.3. The summed E-state index contributed by atoms with van der Waals surface area (Å²) in [7, 11) is 3.88. The van der Waals surface area contributed by atoms with Gasteiger partial charge in [-0.15, -0.1) is 0 Å². The highest BCUT2D eigenvalue weighted by molar-refractivity contribution is 5.84. The first-order valence-corrected chi connectivity index (χ1v) is 7.14. The fraction of sp³-hybridized carbons (Fsp3) is 0.500. The molecule has 0 saturated heterocycles. The summed E-state index contributed by atoms with van der Waals surface area (Å²) in [5.74, 6) is -0.223. The molecular weight excluding hydrogens is 266 g/mol. The molecule has 0 bridgehead atoms. The standard InChI is InChI=1S/C16H25N3O2/c1-13(15-8-6-5-7-9-15)17-16(21)12-19(14(2)20)11-10-18(3)4/h5-9,13H,10-12H2,1-4H3,(H,17,21). The largest absolute Gasteiger partial charge is 0.348 e. The first kappa shape index (κ1) is 17.2. The van der Waals surface area contributed by atoms with Gasteiger partial charge in [-0.1, -0.05) is 30.3 Å². The van der Waals surface area contributed by atoms with Crippen molar-refractivity contribution in [2.75, 3.05) is 33.7 Å². The Hall–Kier alpha value is -1.88. The molecule has 0 fully saturated rings. The van der Waals surface area contributed by atoms with Crippen molar-refractivity contribution in [1.29, 1.82) is 0 Å². The Bertz CT molecular complexity index is 460. The molecule has 0 aliphatic rings. The third-order valence-corrected chi connectivity index (χ3v) is 3.27. The molecule has 0 spiro atoms. The van der Waals surface area contributed by atoms with Crippen LogP contribution < -0.4 is 5.32 Å². The predicted molar refractivity (Wildman–Crippen MR) is 83.8 cm³/mol. The van der Waals surface area contributed by atoms with Crippen LogP contribution in [0.2, 0.25) is 0 Å². The minimum Gasteiger partial charge on any atom is -0.348 e. The van der Waals surface area contributed by atoms with E-state index >= 15 is 0 Å². The second-order valence-corrected chi connectivity index (χ2v) is 5.44. The van der Waals surface area contributed by atoms with Gasteiger partial charge in [0, 0.05) is 20.0 Å². The predicted octanol–water partition coefficient (Wildman–Crippen LogP) is 1.27. The number of nitrogens with zero attached hydrogens (tertiary/aromatic N) is 2. The van der Waals surface area contributed by atoms with Gasteiger partial charge in [0.1, 0.15) is 0 Å². The van der Waals surface area contributed by atoms with Gasteiger partial charge in [0.2, 0.25) is 11.8 Å². The smallest absolute Gasteiger partial charge is 0.240 e. The van der Waals surface area contributed by atoms with Crippen LogP contribution in [0.25, 0.3) is 0 Å². The fourth-order valence-electron chi connectivity index (χ4n) is 1.95. The van der Waals surface area contributed by atoms with Crippen molar-refractivity contribution in [1.82, 2.24) is 15.1 Å². The molecular formula is C16H25N3O2. The molecule has 0 aliphatic carbocycles. The van der Waals surface area contributed by atoms with Crippen molar-refractivity contribution in [3.8, 4) is 0 Å². The topological polar surface area (TPSA) is 52.7 Å². The zero-order chi connectivity index (χ0) is 15.8. The maximum absolute atomic E-state index is 12.1. The van der Waals surface area contributed by atoms with Crippen molar-refractivity contribution in [3.63, 3.8) is 0 Å². The van der Waals surface area contributed by atoms with Crippen LogP contribution in [-0.4, -0.2) is 55.3 Å². The third-order valence-electron chi connectivity index (χ3n) is 3.27. The second kappa shape index (κ2) is 8.42. The van der Waals surface area contributed by atoms with Crippen LogP contribution in [0.1, 0.15) is 25.5 Å². The van der Waals surface area contributed by atoms with Crippen molar-refractivity contribution in [2.45, 2.75) is 19.9 Å². The first-order valence-electron chi connectivity index (χ1n) is 7.14. The van der Waals surface area contributed by atoms with Crippen LogP contribution in [0.5, 0.6) is 0 Å². The minimum atomic E-state index is -0.139. The minimum absolute atomic E-state index is 0.0682. The number of carbonyl (C=O) groups excluding carboxylic acids is 2. The van der Waals surface area contributed by atoms with Gasteiger partial charge in [-0.2, -0.15) is 0 Å². The van der Waals surface area contributed by atoms with Crippen LogP contribution in [0.3, 0.4) is 0 Å². The molecule has 0 saturated carbocycles. The van der Waals surface area contributed by atoms with Gasteiger partial charge < -0.3 is 15.1 Å². The zero-order valence-corrected chi connectivity index (χ0v) is 13.3. The van der Waals surface area contributed by atoms with E-state index in [1.807, 2.05) is 56.3 Å². The Morgan fingerprint density at radius 1 is 1.14 bits per heavy atom. The van der Waals surface area contributed by atoms with E-state index in [0.717, 1.165) is 12.1 Å². The Balaban J connectivity index is 2.52. The quantitative estimate of drug-likeness (QED) is 0.823. The average Bonchev–Trinajstić information content (AvgIpc) is 2.43. The number of hydrogen-bond acceptors (Lipinski definition) is 3. The maximum atomic E-state index is 12.1. The number of amides is 2. The Morgan fingerprint density at radius 2 is 1.76 bits per heavy atom. The summed E-state index contributed by atoms with van der Waals surface area (Å²) < 4.78 is 0. The number of hydrogen-bond donors (Lipinski definition) is 1. The van der Waals surface area contributed by atoms with E-state index in [9.17, 15) is 9.59 Å². The van der Waals surface area contributed by atoms with Crippen LogP contribution in [0.15, 0.2) is 30.3 Å². The molecule has 21 heavy (non-hydrogen) atoms. The fourth-order valence-corrected chi connectivity index (χ4v) is 1.95. The van der Waals surface area contributed by atoms with E-state index in [1.54, 1.807) is 4.90 Å². The van der Waals surface area contributed by atoms with Crippen LogP contribution in [-0.2, 0) is 9.59 Å². The van der Waals surface area contributed by atoms with Gasteiger partial charge in [0.25, 0.3) is 0 Å². The lowest BCUT2D eigenvalue weighted by atomic mass is 10.1. The summed E-state index contributed by atoms with van der Waals surface area (Å²) >= 11 is 0. The van der Waals surface area contributed by atoms with Gasteiger partial charge in [-0.05, 0) is 26.6 Å². The van der Waals surface area contributed by atoms with Crippen molar-refractivity contribution >= 4 is 11.8 Å². The molecule has 1 atom stereocenters. The van der Waals surface area contributed by atoms with Crippen molar-refractivity contribution in [2.24, 2.45) is 0 Å². The summed E-state index contributed by atoms with van der Waals surface area (Å²) in [6.07, 6.45) is 0. The van der Waals surface area contributed by atoms with Gasteiger partial charge in [0.15, 0.2) is 0 Å². The third kappa shape index (κ3) is 6.40. The number of rotatable bonds is 7. The van der Waals surface area contributed by atoms with E-state index < -0.39 is 0 Å². The number of likely N-dealkylation sites (N-methyl/N-ethyl adjacent to an activating group) is 1. The summed E-state index contributed by atoms with van der Waals surface area (Å²) in [4.78, 5) is 27.2. The van der Waals surface area contributed by atoms with E-state index in [4.69, 9.17) is 0 Å². The second-order valence-electron chi connectivity index (χ2n) is 5.44. The molecule has 0 heterocycles. The van der Waals surface area contributed by atoms with Gasteiger partial charge in [-0.3, -0.25) is 9.59 Å². The van der Waals surface area contributed by atoms with E-state index in [-0.39, 0.29) is 24.4 Å². The maximum Gasteiger partial charge on any atom is 0.240 e. The summed E-state index contributed by atoms with van der Waals surface area (Å²) in [5, 5.41) is 2.92. The average molecular weight is 291 g/mol. The van der Waals surface area contributed by atoms with Crippen molar-refractivity contribution < 1.29 is 9.59 Å². The number of carbonyl (C=O) groups is 2. The number of benzene rings is 1. The van der Waals surface area contributed by atoms with Crippen LogP contribution in [0, 0.1) is 0 Å². The van der Waals surface area contributed by atoms with Gasteiger partial charge >= 0.3 is 0 Å². The van der Waals surface area contributed by atoms with E-state index in [2.05, 4.69) is 5.32 Å². The summed E-state index contributed by atoms with van der Waals surface area (Å²) in [6, 6.07) is 9.70. The SMILES string of the molecule is CC(=O)N(CCN(C)C)CC(=O)NC(C)c1ccccc1. The molecule has 116 valence electrons. The lowest BCUT2D eigenvalue weighted by molar-refractivity contribution is -0.134. The normalized spacial score (nSPS) is 12.0.